The van der Waals surface area contributed by atoms with Crippen molar-refractivity contribution in [3.8, 4) is 0 Å². The molecule has 0 bridgehead atoms. The zero-order valence-electron chi connectivity index (χ0n) is 12.0. The topological polar surface area (TPSA) is 41.1 Å². The SMILES string of the molecule is CNC(=O)c1ccc(C)c(NC2CCc3sc(Cl)cc32)c1. The molecule has 1 aliphatic carbocycles. The first-order valence-electron chi connectivity index (χ1n) is 6.96. The summed E-state index contributed by atoms with van der Waals surface area (Å²) in [5.41, 5.74) is 4.12. The van der Waals surface area contributed by atoms with Gasteiger partial charge in [0.2, 0.25) is 0 Å². The van der Waals surface area contributed by atoms with Crippen LogP contribution < -0.4 is 10.6 Å². The number of carbonyl (C=O) groups is 1. The van der Waals surface area contributed by atoms with E-state index in [1.165, 1.54) is 10.4 Å². The van der Waals surface area contributed by atoms with Crippen LogP contribution in [0.15, 0.2) is 24.3 Å². The lowest BCUT2D eigenvalue weighted by Gasteiger charge is -2.17. The van der Waals surface area contributed by atoms with Crippen LogP contribution >= 0.6 is 22.9 Å². The minimum Gasteiger partial charge on any atom is -0.378 e. The van der Waals surface area contributed by atoms with Gasteiger partial charge in [-0.1, -0.05) is 17.7 Å². The average molecular weight is 321 g/mol. The van der Waals surface area contributed by atoms with Crippen LogP contribution in [-0.2, 0) is 6.42 Å². The quantitative estimate of drug-likeness (QED) is 0.891. The van der Waals surface area contributed by atoms with Crippen LogP contribution in [0.2, 0.25) is 4.34 Å². The number of hydrogen-bond acceptors (Lipinski definition) is 3. The van der Waals surface area contributed by atoms with Crippen LogP contribution in [0.5, 0.6) is 0 Å². The molecule has 2 N–H and O–H groups in total. The lowest BCUT2D eigenvalue weighted by Crippen LogP contribution is -2.18. The summed E-state index contributed by atoms with van der Waals surface area (Å²) in [6.45, 7) is 2.05. The molecule has 1 heterocycles. The second kappa shape index (κ2) is 5.70. The third kappa shape index (κ3) is 2.78. The molecule has 3 rings (SSSR count). The second-order valence-corrected chi connectivity index (χ2v) is 7.04. The number of rotatable bonds is 3. The van der Waals surface area contributed by atoms with E-state index in [9.17, 15) is 4.79 Å². The maximum absolute atomic E-state index is 11.8. The maximum Gasteiger partial charge on any atom is 0.251 e. The van der Waals surface area contributed by atoms with E-state index < -0.39 is 0 Å². The van der Waals surface area contributed by atoms with E-state index in [1.807, 2.05) is 25.1 Å². The van der Waals surface area contributed by atoms with Crippen LogP contribution in [0.4, 0.5) is 5.69 Å². The molecule has 1 aromatic heterocycles. The fourth-order valence-corrected chi connectivity index (χ4v) is 4.09. The Morgan fingerprint density at radius 2 is 2.19 bits per heavy atom. The highest BCUT2D eigenvalue weighted by atomic mass is 35.5. The summed E-state index contributed by atoms with van der Waals surface area (Å²) < 4.78 is 0.849. The number of amides is 1. The van der Waals surface area contributed by atoms with Crippen LogP contribution in [-0.4, -0.2) is 13.0 Å². The van der Waals surface area contributed by atoms with Gasteiger partial charge in [0, 0.05) is 23.2 Å². The van der Waals surface area contributed by atoms with Crippen molar-refractivity contribution in [1.29, 1.82) is 0 Å². The summed E-state index contributed by atoms with van der Waals surface area (Å²) >= 11 is 7.77. The molecule has 3 nitrogen and oxygen atoms in total. The van der Waals surface area contributed by atoms with Gasteiger partial charge in [0.1, 0.15) is 0 Å². The molecule has 1 atom stereocenters. The Kier molecular flexibility index (Phi) is 3.91. The van der Waals surface area contributed by atoms with Crippen molar-refractivity contribution >= 4 is 34.5 Å². The Bertz CT molecular complexity index is 696. The molecule has 2 aromatic rings. The summed E-state index contributed by atoms with van der Waals surface area (Å²) in [4.78, 5) is 13.1. The van der Waals surface area contributed by atoms with Crippen LogP contribution in [0.3, 0.4) is 0 Å². The number of carbonyl (C=O) groups excluding carboxylic acids is 1. The summed E-state index contributed by atoms with van der Waals surface area (Å²) in [5.74, 6) is -0.0660. The Morgan fingerprint density at radius 3 is 2.95 bits per heavy atom. The molecule has 21 heavy (non-hydrogen) atoms. The van der Waals surface area contributed by atoms with Crippen molar-refractivity contribution < 1.29 is 4.79 Å². The monoisotopic (exact) mass is 320 g/mol. The zero-order valence-corrected chi connectivity index (χ0v) is 13.6. The molecule has 0 aliphatic heterocycles. The molecule has 1 aromatic carbocycles. The van der Waals surface area contributed by atoms with Crippen LogP contribution in [0.25, 0.3) is 0 Å². The van der Waals surface area contributed by atoms with Crippen molar-refractivity contribution in [3.63, 3.8) is 0 Å². The summed E-state index contributed by atoms with van der Waals surface area (Å²) in [6, 6.07) is 8.08. The number of thiophene rings is 1. The first kappa shape index (κ1) is 14.4. The number of halogens is 1. The minimum absolute atomic E-state index is 0.0660. The van der Waals surface area contributed by atoms with Gasteiger partial charge in [-0.3, -0.25) is 4.79 Å². The minimum atomic E-state index is -0.0660. The van der Waals surface area contributed by atoms with Gasteiger partial charge in [0.15, 0.2) is 0 Å². The van der Waals surface area contributed by atoms with Gasteiger partial charge in [-0.05, 0) is 49.1 Å². The highest BCUT2D eigenvalue weighted by Gasteiger charge is 2.25. The predicted molar refractivity (Wildman–Crippen MR) is 88.6 cm³/mol. The van der Waals surface area contributed by atoms with E-state index in [-0.39, 0.29) is 11.9 Å². The standard InChI is InChI=1S/C16H17ClN2OS/c1-9-3-4-10(16(20)18-2)7-13(9)19-12-5-6-14-11(12)8-15(17)21-14/h3-4,7-8,12,19H,5-6H2,1-2H3,(H,18,20). The summed E-state index contributed by atoms with van der Waals surface area (Å²) in [7, 11) is 1.64. The van der Waals surface area contributed by atoms with Crippen molar-refractivity contribution in [2.24, 2.45) is 0 Å². The number of benzene rings is 1. The second-order valence-electron chi connectivity index (χ2n) is 5.27. The Hall–Kier alpha value is -1.52. The fourth-order valence-electron chi connectivity index (χ4n) is 2.73. The van der Waals surface area contributed by atoms with Crippen LogP contribution in [0.1, 0.15) is 38.8 Å². The Balaban J connectivity index is 1.87. The lowest BCUT2D eigenvalue weighted by atomic mass is 10.1. The third-order valence-electron chi connectivity index (χ3n) is 3.90. The molecule has 0 radical (unpaired) electrons. The molecule has 5 heteroatoms. The van der Waals surface area contributed by atoms with Crippen molar-refractivity contribution in [2.75, 3.05) is 12.4 Å². The van der Waals surface area contributed by atoms with Gasteiger partial charge in [-0.15, -0.1) is 11.3 Å². The summed E-state index contributed by atoms with van der Waals surface area (Å²) in [5, 5.41) is 6.22. The van der Waals surface area contributed by atoms with Gasteiger partial charge in [-0.2, -0.15) is 0 Å². The van der Waals surface area contributed by atoms with E-state index in [0.717, 1.165) is 28.4 Å². The number of hydrogen-bond donors (Lipinski definition) is 2. The number of anilines is 1. The van der Waals surface area contributed by atoms with E-state index in [0.29, 0.717) is 5.56 Å². The first-order chi connectivity index (χ1) is 10.1. The first-order valence-corrected chi connectivity index (χ1v) is 8.15. The smallest absolute Gasteiger partial charge is 0.251 e. The van der Waals surface area contributed by atoms with Crippen molar-refractivity contribution in [2.45, 2.75) is 25.8 Å². The molecule has 0 spiro atoms. The number of fused-ring (bicyclic) bond motifs is 1. The van der Waals surface area contributed by atoms with E-state index in [2.05, 4.69) is 16.7 Å². The van der Waals surface area contributed by atoms with Gasteiger partial charge in [-0.25, -0.2) is 0 Å². The highest BCUT2D eigenvalue weighted by molar-refractivity contribution is 7.16. The maximum atomic E-state index is 11.8. The van der Waals surface area contributed by atoms with Crippen molar-refractivity contribution in [3.05, 3.63) is 50.2 Å². The molecule has 110 valence electrons. The molecule has 0 saturated heterocycles. The summed E-state index contributed by atoms with van der Waals surface area (Å²) in [6.07, 6.45) is 2.14. The lowest BCUT2D eigenvalue weighted by molar-refractivity contribution is 0.0963. The fraction of sp³-hybridized carbons (Fsp3) is 0.312. The van der Waals surface area contributed by atoms with E-state index in [1.54, 1.807) is 18.4 Å². The normalized spacial score (nSPS) is 16.6. The van der Waals surface area contributed by atoms with Gasteiger partial charge < -0.3 is 10.6 Å². The van der Waals surface area contributed by atoms with Gasteiger partial charge in [0.25, 0.3) is 5.91 Å². The molecule has 1 aliphatic rings. The molecule has 0 saturated carbocycles. The van der Waals surface area contributed by atoms with Gasteiger partial charge in [0.05, 0.1) is 10.4 Å². The molecular formula is C16H17ClN2OS. The number of nitrogens with one attached hydrogen (secondary N) is 2. The van der Waals surface area contributed by atoms with Gasteiger partial charge >= 0.3 is 0 Å². The van der Waals surface area contributed by atoms with Crippen molar-refractivity contribution in [1.82, 2.24) is 5.32 Å². The number of aryl methyl sites for hydroxylation is 2. The Morgan fingerprint density at radius 1 is 1.38 bits per heavy atom. The molecule has 1 amide bonds. The van der Waals surface area contributed by atoms with Crippen LogP contribution in [0, 0.1) is 6.92 Å². The zero-order chi connectivity index (χ0) is 15.0. The van der Waals surface area contributed by atoms with E-state index >= 15 is 0 Å². The molecule has 1 unspecified atom stereocenters. The average Bonchev–Trinajstić information content (AvgIpc) is 3.00. The largest absolute Gasteiger partial charge is 0.378 e. The predicted octanol–water partition coefficient (Wildman–Crippen LogP) is 4.17. The third-order valence-corrected chi connectivity index (χ3v) is 5.24. The Labute approximate surface area is 133 Å². The highest BCUT2D eigenvalue weighted by Crippen LogP contribution is 2.41. The molecule has 0 fully saturated rings. The molecular weight excluding hydrogens is 304 g/mol. The van der Waals surface area contributed by atoms with E-state index in [4.69, 9.17) is 11.6 Å².